The van der Waals surface area contributed by atoms with E-state index < -0.39 is 8.03 Å². The van der Waals surface area contributed by atoms with Crippen LogP contribution < -0.4 is 0 Å². The Balaban J connectivity index is -0.00000000707. The number of hydrogen-bond donors (Lipinski definition) is 0. The summed E-state index contributed by atoms with van der Waals surface area (Å²) in [6, 6.07) is 0. The topological polar surface area (TPSA) is 9.23 Å². The molecule has 116 valence electrons. The van der Waals surface area contributed by atoms with Crippen LogP contribution in [0.4, 0.5) is 0 Å². The Bertz CT molecular complexity index is 43.2. The highest BCUT2D eigenvalue weighted by Gasteiger charge is 1.78. The first kappa shape index (κ1) is 66.1. The van der Waals surface area contributed by atoms with Gasteiger partial charge in [0, 0.05) is 7.11 Å². The lowest BCUT2D eigenvalue weighted by Crippen LogP contribution is -1.67. The van der Waals surface area contributed by atoms with E-state index in [4.69, 9.17) is 7.57 Å². The smallest absolute Gasteiger partial charge is 0.148 e. The number of hydrogen-bond acceptors (Lipinski definition) is 1. The Hall–Kier alpha value is 0.455. The van der Waals surface area contributed by atoms with Crippen LogP contribution in [0, 0.1) is 0 Å². The molecule has 1 nitrogen and oxygen atoms in total. The fourth-order valence-electron chi connectivity index (χ4n) is 0. The minimum absolute atomic E-state index is 0. The van der Waals surface area contributed by atoms with Gasteiger partial charge < -0.3 is 4.52 Å². The van der Waals surface area contributed by atoms with Crippen LogP contribution in [0.3, 0.4) is 0 Å². The molecule has 0 amide bonds. The third-order valence-electron chi connectivity index (χ3n) is 0.288. The van der Waals surface area contributed by atoms with Gasteiger partial charge in [-0.15, -0.1) is 0 Å². The van der Waals surface area contributed by atoms with Gasteiger partial charge in [0.2, 0.25) is 0 Å². The van der Waals surface area contributed by atoms with E-state index in [1.807, 2.05) is 6.66 Å². The molecular weight excluding hydrogens is 226 g/mol. The predicted octanol–water partition coefficient (Wildman–Crippen LogP) is 7.39. The Kier molecular flexibility index (Phi) is 367. The van der Waals surface area contributed by atoms with E-state index >= 15 is 0 Å². The van der Waals surface area contributed by atoms with Crippen LogP contribution >= 0.6 is 8.03 Å². The monoisotopic (exact) mass is 272 g/mol. The molecule has 0 spiro atoms. The fraction of sp³-hybridized carbons (Fsp3) is 1.00. The summed E-state index contributed by atoms with van der Waals surface area (Å²) >= 11 is 0. The van der Waals surface area contributed by atoms with E-state index in [0.29, 0.717) is 0 Å². The van der Waals surface area contributed by atoms with Crippen molar-refractivity contribution < 1.29 is 4.52 Å². The summed E-state index contributed by atoms with van der Waals surface area (Å²) in [4.78, 5) is 0. The first-order valence-electron chi connectivity index (χ1n) is 4.12. The molecule has 0 aromatic carbocycles. The second kappa shape index (κ2) is 94.3. The molecule has 0 aromatic rings. The molecule has 0 N–H and O–H groups in total. The van der Waals surface area contributed by atoms with Crippen molar-refractivity contribution in [3.8, 4) is 0 Å². The van der Waals surface area contributed by atoms with E-state index in [1.165, 1.54) is 12.8 Å². The molecule has 0 rings (SSSR count). The average Bonchev–Trinajstić information content (AvgIpc) is 1.91. The van der Waals surface area contributed by atoms with E-state index in [2.05, 4.69) is 32.2 Å². The van der Waals surface area contributed by atoms with E-state index in [9.17, 15) is 0 Å². The molecule has 17 heavy (non-hydrogen) atoms. The minimum atomic E-state index is -0.598. The lowest BCUT2D eigenvalue weighted by Gasteiger charge is -1.95. The zero-order valence-corrected chi connectivity index (χ0v) is 9.74. The first-order chi connectivity index (χ1) is 5.10. The van der Waals surface area contributed by atoms with E-state index in [-0.39, 0.29) is 44.6 Å². The lowest BCUT2D eigenvalue weighted by molar-refractivity contribution is 0.474. The summed E-state index contributed by atoms with van der Waals surface area (Å²) < 4.78 is 4.59. The summed E-state index contributed by atoms with van der Waals surface area (Å²) in [5, 5.41) is 0. The maximum Gasteiger partial charge on any atom is 0.148 e. The summed E-state index contributed by atoms with van der Waals surface area (Å²) in [6.45, 7) is 10.3. The van der Waals surface area contributed by atoms with Crippen LogP contribution in [0.1, 0.15) is 85.1 Å². The Morgan fingerprint density at radius 1 is 0.765 bits per heavy atom. The van der Waals surface area contributed by atoms with Crippen LogP contribution in [0.2, 0.25) is 0 Å². The quantitative estimate of drug-likeness (QED) is 0.357. The number of rotatable bonds is 1. The fourth-order valence-corrected chi connectivity index (χ4v) is 0. The highest BCUT2D eigenvalue weighted by atomic mass is 31.1. The molecule has 0 aliphatic carbocycles. The van der Waals surface area contributed by atoms with Gasteiger partial charge in [0.15, 0.2) is 0 Å². The highest BCUT2D eigenvalue weighted by molar-refractivity contribution is 7.77. The zero-order chi connectivity index (χ0) is 9.70. The van der Waals surface area contributed by atoms with Crippen molar-refractivity contribution in [2.24, 2.45) is 0 Å². The molecule has 0 bridgehead atoms. The second-order valence-electron chi connectivity index (χ2n) is 2.14. The summed E-state index contributed by atoms with van der Waals surface area (Å²) in [5.41, 5.74) is 0. The van der Waals surface area contributed by atoms with Crippen LogP contribution in [0.5, 0.6) is 0 Å². The van der Waals surface area contributed by atoms with Gasteiger partial charge in [0.1, 0.15) is 7.57 Å². The molecule has 0 fully saturated rings. The SMILES string of the molecule is C.C.C.C.C.C.CCC.CCC.[B]P(C)OC. The molecular formula is C14H46BOP. The van der Waals surface area contributed by atoms with Gasteiger partial charge in [0.05, 0.1) is 0 Å². The van der Waals surface area contributed by atoms with Crippen molar-refractivity contribution in [2.75, 3.05) is 13.8 Å². The van der Waals surface area contributed by atoms with Crippen LogP contribution in [0.15, 0.2) is 0 Å². The van der Waals surface area contributed by atoms with Gasteiger partial charge in [-0.25, -0.2) is 0 Å². The lowest BCUT2D eigenvalue weighted by atomic mass is 10.6. The molecule has 0 saturated carbocycles. The summed E-state index contributed by atoms with van der Waals surface area (Å²) in [5.74, 6) is 0. The standard InChI is InChI=1S/2C3H8.C2H6BOP.6CH4/c2*1-3-2;1-4-5(2)3;;;;;;/h2*3H2,1-2H3;1-2H3;6*1H4. The summed E-state index contributed by atoms with van der Waals surface area (Å²) in [7, 11) is 6.14. The van der Waals surface area contributed by atoms with E-state index in [0.717, 1.165) is 0 Å². The van der Waals surface area contributed by atoms with E-state index in [1.54, 1.807) is 7.11 Å². The molecule has 1 atom stereocenters. The zero-order valence-electron chi connectivity index (χ0n) is 8.85. The third kappa shape index (κ3) is 570. The van der Waals surface area contributed by atoms with Crippen LogP contribution in [-0.2, 0) is 4.52 Å². The highest BCUT2D eigenvalue weighted by Crippen LogP contribution is 2.20. The van der Waals surface area contributed by atoms with Gasteiger partial charge in [-0.2, -0.15) is 0 Å². The normalized spacial score (nSPS) is 6.47. The van der Waals surface area contributed by atoms with Crippen molar-refractivity contribution in [1.82, 2.24) is 0 Å². The van der Waals surface area contributed by atoms with Crippen molar-refractivity contribution in [3.05, 3.63) is 0 Å². The van der Waals surface area contributed by atoms with Crippen molar-refractivity contribution in [2.45, 2.75) is 85.1 Å². The average molecular weight is 272 g/mol. The van der Waals surface area contributed by atoms with Crippen molar-refractivity contribution in [1.29, 1.82) is 0 Å². The third-order valence-corrected chi connectivity index (χ3v) is 0.864. The molecule has 1 unspecified atom stereocenters. The maximum atomic E-state index is 5.13. The molecule has 0 heterocycles. The van der Waals surface area contributed by atoms with Gasteiger partial charge in [0.25, 0.3) is 0 Å². The molecule has 0 aliphatic rings. The molecule has 0 aromatic heterocycles. The predicted molar refractivity (Wildman–Crippen MR) is 97.9 cm³/mol. The van der Waals surface area contributed by atoms with Gasteiger partial charge >= 0.3 is 0 Å². The van der Waals surface area contributed by atoms with Crippen molar-refractivity contribution in [3.63, 3.8) is 0 Å². The van der Waals surface area contributed by atoms with Gasteiger partial charge in [-0.1, -0.05) is 85.1 Å². The Morgan fingerprint density at radius 3 is 0.824 bits per heavy atom. The largest absolute Gasteiger partial charge is 0.374 e. The Labute approximate surface area is 119 Å². The maximum absolute atomic E-state index is 5.13. The first-order valence-corrected chi connectivity index (χ1v) is 5.90. The molecule has 0 aliphatic heterocycles. The minimum Gasteiger partial charge on any atom is -0.374 e. The van der Waals surface area contributed by atoms with Crippen LogP contribution in [-0.4, -0.2) is 21.3 Å². The van der Waals surface area contributed by atoms with Gasteiger partial charge in [-0.05, 0) is 14.7 Å². The molecule has 2 radical (unpaired) electrons. The summed E-state index contributed by atoms with van der Waals surface area (Å²) in [6.07, 6.45) is 2.50. The molecule has 0 saturated heterocycles. The van der Waals surface area contributed by atoms with Gasteiger partial charge in [-0.3, -0.25) is 0 Å². The second-order valence-corrected chi connectivity index (χ2v) is 3.60. The molecule has 3 heteroatoms. The van der Waals surface area contributed by atoms with Crippen LogP contribution in [0.25, 0.3) is 0 Å². The van der Waals surface area contributed by atoms with Crippen molar-refractivity contribution >= 4 is 15.6 Å². The Morgan fingerprint density at radius 2 is 0.824 bits per heavy atom.